The van der Waals surface area contributed by atoms with Crippen LogP contribution in [0, 0.1) is 0 Å². The summed E-state index contributed by atoms with van der Waals surface area (Å²) in [5, 5.41) is 3.12. The molecular formula is C18H18N2O2S. The predicted octanol–water partition coefficient (Wildman–Crippen LogP) is 4.18. The Bertz CT molecular complexity index is 779. The Kier molecular flexibility index (Phi) is 3.27. The molecule has 1 saturated heterocycles. The second-order valence-corrected chi connectivity index (χ2v) is 6.94. The first-order chi connectivity index (χ1) is 11.1. The van der Waals surface area contributed by atoms with Crippen molar-refractivity contribution in [3.05, 3.63) is 54.1 Å². The summed E-state index contributed by atoms with van der Waals surface area (Å²) >= 11 is 1.66. The van der Waals surface area contributed by atoms with Crippen LogP contribution in [0.25, 0.3) is 0 Å². The molecule has 2 aliphatic heterocycles. The maximum Gasteiger partial charge on any atom is 0.325 e. The van der Waals surface area contributed by atoms with Gasteiger partial charge < -0.3 is 10.1 Å². The van der Waals surface area contributed by atoms with Gasteiger partial charge in [-0.2, -0.15) is 0 Å². The van der Waals surface area contributed by atoms with Gasteiger partial charge in [-0.1, -0.05) is 24.3 Å². The Morgan fingerprint density at radius 2 is 2.09 bits per heavy atom. The van der Waals surface area contributed by atoms with E-state index in [2.05, 4.69) is 5.32 Å². The first-order valence-corrected chi connectivity index (χ1v) is 8.86. The molecule has 2 aliphatic rings. The summed E-state index contributed by atoms with van der Waals surface area (Å²) in [4.78, 5) is 15.6. The molecular weight excluding hydrogens is 308 g/mol. The maximum atomic E-state index is 12.8. The van der Waals surface area contributed by atoms with Crippen LogP contribution in [0.15, 0.2) is 53.4 Å². The van der Waals surface area contributed by atoms with Gasteiger partial charge >= 0.3 is 6.03 Å². The number of carbonyl (C=O) groups excluding carboxylic acids is 1. The predicted molar refractivity (Wildman–Crippen MR) is 92.1 cm³/mol. The second-order valence-electron chi connectivity index (χ2n) is 6.06. The van der Waals surface area contributed by atoms with Crippen LogP contribution in [0.5, 0.6) is 5.75 Å². The monoisotopic (exact) mass is 326 g/mol. The van der Waals surface area contributed by atoms with E-state index in [4.69, 9.17) is 4.74 Å². The van der Waals surface area contributed by atoms with E-state index in [0.29, 0.717) is 0 Å². The van der Waals surface area contributed by atoms with Crippen LogP contribution >= 0.6 is 11.8 Å². The average molecular weight is 326 g/mol. The lowest BCUT2D eigenvalue weighted by Crippen LogP contribution is -2.65. The Morgan fingerprint density at radius 1 is 1.26 bits per heavy atom. The zero-order valence-electron chi connectivity index (χ0n) is 13.1. The molecule has 1 fully saturated rings. The lowest BCUT2D eigenvalue weighted by Gasteiger charge is -2.50. The number of hydrogen-bond donors (Lipinski definition) is 1. The smallest absolute Gasteiger partial charge is 0.325 e. The lowest BCUT2D eigenvalue weighted by atomic mass is 9.90. The Morgan fingerprint density at radius 3 is 2.91 bits per heavy atom. The molecule has 0 saturated carbocycles. The third-order valence-corrected chi connectivity index (χ3v) is 5.22. The van der Waals surface area contributed by atoms with E-state index in [-0.39, 0.29) is 12.1 Å². The number of anilines is 1. The fourth-order valence-electron chi connectivity index (χ4n) is 3.46. The molecule has 4 rings (SSSR count). The molecule has 2 unspecified atom stereocenters. The molecule has 118 valence electrons. The fraction of sp³-hybridized carbons (Fsp3) is 0.278. The number of carbonyl (C=O) groups is 1. The van der Waals surface area contributed by atoms with Gasteiger partial charge in [0, 0.05) is 16.9 Å². The zero-order valence-corrected chi connectivity index (χ0v) is 13.9. The van der Waals surface area contributed by atoms with E-state index in [1.54, 1.807) is 16.7 Å². The molecule has 0 spiro atoms. The minimum atomic E-state index is -0.682. The summed E-state index contributed by atoms with van der Waals surface area (Å²) < 4.78 is 6.26. The Hall–Kier alpha value is -2.14. The maximum absolute atomic E-state index is 12.8. The lowest BCUT2D eigenvalue weighted by molar-refractivity contribution is 0.0378. The van der Waals surface area contributed by atoms with Crippen molar-refractivity contribution in [2.75, 3.05) is 11.2 Å². The van der Waals surface area contributed by atoms with Gasteiger partial charge in [0.25, 0.3) is 0 Å². The highest BCUT2D eigenvalue weighted by molar-refractivity contribution is 7.98. The molecule has 0 aromatic heterocycles. The molecule has 2 aromatic rings. The molecule has 2 atom stereocenters. The minimum absolute atomic E-state index is 0.00238. The van der Waals surface area contributed by atoms with Crippen molar-refractivity contribution < 1.29 is 9.53 Å². The highest BCUT2D eigenvalue weighted by Gasteiger charge is 2.49. The van der Waals surface area contributed by atoms with E-state index in [0.717, 1.165) is 28.3 Å². The molecule has 4 nitrogen and oxygen atoms in total. The second kappa shape index (κ2) is 5.20. The van der Waals surface area contributed by atoms with Crippen LogP contribution in [0.3, 0.4) is 0 Å². The van der Waals surface area contributed by atoms with Crippen molar-refractivity contribution in [1.82, 2.24) is 5.32 Å². The van der Waals surface area contributed by atoms with Crippen molar-refractivity contribution in [3.63, 3.8) is 0 Å². The molecule has 23 heavy (non-hydrogen) atoms. The van der Waals surface area contributed by atoms with Gasteiger partial charge in [-0.25, -0.2) is 4.79 Å². The minimum Gasteiger partial charge on any atom is -0.467 e. The van der Waals surface area contributed by atoms with E-state index < -0.39 is 5.72 Å². The van der Waals surface area contributed by atoms with Crippen LogP contribution in [0.4, 0.5) is 10.5 Å². The van der Waals surface area contributed by atoms with E-state index in [9.17, 15) is 4.79 Å². The van der Waals surface area contributed by atoms with Crippen molar-refractivity contribution in [3.8, 4) is 5.75 Å². The first-order valence-electron chi connectivity index (χ1n) is 7.63. The van der Waals surface area contributed by atoms with Gasteiger partial charge in [-0.05, 0) is 37.4 Å². The average Bonchev–Trinajstić information content (AvgIpc) is 2.54. The van der Waals surface area contributed by atoms with Gasteiger partial charge in [0.05, 0.1) is 11.7 Å². The third kappa shape index (κ3) is 2.27. The number of thioether (sulfide) groups is 1. The first kappa shape index (κ1) is 14.5. The van der Waals surface area contributed by atoms with Gasteiger partial charge in [-0.15, -0.1) is 11.8 Å². The molecule has 1 N–H and O–H groups in total. The van der Waals surface area contributed by atoms with E-state index in [1.165, 1.54) is 0 Å². The van der Waals surface area contributed by atoms with Gasteiger partial charge in [0.1, 0.15) is 5.75 Å². The molecule has 2 bridgehead atoms. The van der Waals surface area contributed by atoms with Gasteiger partial charge in [-0.3, -0.25) is 4.90 Å². The van der Waals surface area contributed by atoms with Crippen molar-refractivity contribution >= 4 is 23.5 Å². The summed E-state index contributed by atoms with van der Waals surface area (Å²) in [5.41, 5.74) is 1.23. The molecule has 2 aromatic carbocycles. The number of amides is 2. The molecule has 0 radical (unpaired) electrons. The van der Waals surface area contributed by atoms with Crippen molar-refractivity contribution in [2.45, 2.75) is 30.0 Å². The number of nitrogens with one attached hydrogen (secondary N) is 1. The number of hydrogen-bond acceptors (Lipinski definition) is 3. The third-order valence-electron chi connectivity index (χ3n) is 4.49. The number of para-hydroxylation sites is 1. The van der Waals surface area contributed by atoms with E-state index in [1.807, 2.05) is 61.7 Å². The number of urea groups is 1. The number of benzene rings is 2. The van der Waals surface area contributed by atoms with Crippen LogP contribution < -0.4 is 15.0 Å². The summed E-state index contributed by atoms with van der Waals surface area (Å²) in [5.74, 6) is 0.845. The SMILES string of the molecule is CSc1cccc(N2C(=O)NC3CC2(C)Oc2ccccc23)c1. The standard InChI is InChI=1S/C18H18N2O2S/c1-18-11-15(14-8-3-4-9-16(14)22-18)19-17(21)20(18)12-6-5-7-13(10-12)23-2/h3-10,15H,11H2,1-2H3,(H,19,21). The molecule has 2 amide bonds. The number of nitrogens with zero attached hydrogens (tertiary/aromatic N) is 1. The highest BCUT2D eigenvalue weighted by atomic mass is 32.2. The Labute approximate surface area is 139 Å². The van der Waals surface area contributed by atoms with Crippen LogP contribution in [-0.2, 0) is 0 Å². The normalized spacial score (nSPS) is 25.4. The molecule has 2 heterocycles. The van der Waals surface area contributed by atoms with E-state index >= 15 is 0 Å². The van der Waals surface area contributed by atoms with Gasteiger partial charge in [0.15, 0.2) is 5.72 Å². The molecule has 5 heteroatoms. The summed E-state index contributed by atoms with van der Waals surface area (Å²) in [6, 6.07) is 15.8. The quantitative estimate of drug-likeness (QED) is 0.842. The zero-order chi connectivity index (χ0) is 16.0. The van der Waals surface area contributed by atoms with Crippen molar-refractivity contribution in [1.29, 1.82) is 0 Å². The summed E-state index contributed by atoms with van der Waals surface area (Å²) in [6.45, 7) is 1.99. The highest BCUT2D eigenvalue weighted by Crippen LogP contribution is 2.45. The van der Waals surface area contributed by atoms with Crippen LogP contribution in [-0.4, -0.2) is 18.0 Å². The summed E-state index contributed by atoms with van der Waals surface area (Å²) in [7, 11) is 0. The molecule has 0 aliphatic carbocycles. The number of fused-ring (bicyclic) bond motifs is 4. The van der Waals surface area contributed by atoms with Crippen LogP contribution in [0.1, 0.15) is 24.9 Å². The Balaban J connectivity index is 1.79. The summed E-state index contributed by atoms with van der Waals surface area (Å²) in [6.07, 6.45) is 2.75. The number of rotatable bonds is 2. The largest absolute Gasteiger partial charge is 0.467 e. The fourth-order valence-corrected chi connectivity index (χ4v) is 3.92. The van der Waals surface area contributed by atoms with Crippen LogP contribution in [0.2, 0.25) is 0 Å². The van der Waals surface area contributed by atoms with Gasteiger partial charge in [0.2, 0.25) is 0 Å². The number of ether oxygens (including phenoxy) is 1. The van der Waals surface area contributed by atoms with Crippen molar-refractivity contribution in [2.24, 2.45) is 0 Å². The topological polar surface area (TPSA) is 41.6 Å².